The first-order chi connectivity index (χ1) is 9.28. The van der Waals surface area contributed by atoms with Gasteiger partial charge >= 0.3 is 0 Å². The van der Waals surface area contributed by atoms with Gasteiger partial charge in [0.25, 0.3) is 5.91 Å². The van der Waals surface area contributed by atoms with E-state index >= 15 is 0 Å². The van der Waals surface area contributed by atoms with Gasteiger partial charge in [0.1, 0.15) is 11.3 Å². The number of hydrogen-bond acceptors (Lipinski definition) is 3. The summed E-state index contributed by atoms with van der Waals surface area (Å²) in [5, 5.41) is 11.9. The van der Waals surface area contributed by atoms with E-state index in [4.69, 9.17) is 4.74 Å². The summed E-state index contributed by atoms with van der Waals surface area (Å²) < 4.78 is 6.46. The first kappa shape index (κ1) is 16.5. The number of amides is 1. The second-order valence-corrected chi connectivity index (χ2v) is 6.09. The summed E-state index contributed by atoms with van der Waals surface area (Å²) in [6.07, 6.45) is -0.671. The molecule has 0 bridgehead atoms. The minimum Gasteiger partial charge on any atom is -0.481 e. The summed E-state index contributed by atoms with van der Waals surface area (Å²) >= 11 is 3.34. The molecule has 0 saturated carbocycles. The molecule has 1 N–H and O–H groups in total. The first-order valence-corrected chi connectivity index (χ1v) is 7.23. The van der Waals surface area contributed by atoms with Crippen LogP contribution in [-0.2, 0) is 4.79 Å². The van der Waals surface area contributed by atoms with Crippen molar-refractivity contribution in [1.29, 1.82) is 5.26 Å². The van der Waals surface area contributed by atoms with Crippen molar-refractivity contribution in [3.63, 3.8) is 0 Å². The van der Waals surface area contributed by atoms with Crippen molar-refractivity contribution < 1.29 is 9.53 Å². The Hall–Kier alpha value is -1.54. The number of nitrogens with zero attached hydrogens (tertiary/aromatic N) is 1. The third-order valence-electron chi connectivity index (χ3n) is 3.25. The Labute approximate surface area is 128 Å². The highest BCUT2D eigenvalue weighted by molar-refractivity contribution is 9.10. The number of halogens is 1. The highest BCUT2D eigenvalue weighted by Crippen LogP contribution is 2.20. The number of nitriles is 1. The SMILES string of the molecule is CC(Oc1cccc(Br)c1)C(=O)NC(C)(C#N)C(C)C. The maximum Gasteiger partial charge on any atom is 0.262 e. The summed E-state index contributed by atoms with van der Waals surface area (Å²) in [5.41, 5.74) is -0.897. The van der Waals surface area contributed by atoms with Crippen LogP contribution in [0.2, 0.25) is 0 Å². The molecule has 0 saturated heterocycles. The van der Waals surface area contributed by atoms with E-state index in [1.165, 1.54) is 0 Å². The first-order valence-electron chi connectivity index (χ1n) is 6.44. The lowest BCUT2D eigenvalue weighted by atomic mass is 9.90. The van der Waals surface area contributed by atoms with Crippen molar-refractivity contribution >= 4 is 21.8 Å². The maximum atomic E-state index is 12.1. The molecule has 1 amide bonds. The molecule has 0 radical (unpaired) electrons. The molecule has 5 heteroatoms. The lowest BCUT2D eigenvalue weighted by Gasteiger charge is -2.28. The summed E-state index contributed by atoms with van der Waals surface area (Å²) in [7, 11) is 0. The van der Waals surface area contributed by atoms with Gasteiger partial charge in [0.2, 0.25) is 0 Å². The molecule has 1 aromatic carbocycles. The smallest absolute Gasteiger partial charge is 0.262 e. The van der Waals surface area contributed by atoms with Crippen LogP contribution in [0.1, 0.15) is 27.7 Å². The fourth-order valence-electron chi connectivity index (χ4n) is 1.46. The lowest BCUT2D eigenvalue weighted by Crippen LogP contribution is -2.52. The molecule has 0 spiro atoms. The second kappa shape index (κ2) is 6.76. The van der Waals surface area contributed by atoms with Crippen molar-refractivity contribution in [1.82, 2.24) is 5.32 Å². The van der Waals surface area contributed by atoms with Gasteiger partial charge in [-0.1, -0.05) is 35.8 Å². The average molecular weight is 339 g/mol. The van der Waals surface area contributed by atoms with E-state index in [9.17, 15) is 10.1 Å². The molecule has 0 aliphatic rings. The fourth-order valence-corrected chi connectivity index (χ4v) is 1.84. The Morgan fingerprint density at radius 3 is 2.60 bits per heavy atom. The van der Waals surface area contributed by atoms with E-state index in [1.54, 1.807) is 26.0 Å². The number of nitrogens with one attached hydrogen (secondary N) is 1. The predicted octanol–water partition coefficient (Wildman–Crippen LogP) is 3.27. The van der Waals surface area contributed by atoms with E-state index in [1.807, 2.05) is 26.0 Å². The average Bonchev–Trinajstić information content (AvgIpc) is 2.38. The van der Waals surface area contributed by atoms with Gasteiger partial charge in [-0.05, 0) is 38.0 Å². The number of rotatable bonds is 5. The van der Waals surface area contributed by atoms with Crippen LogP contribution in [0.5, 0.6) is 5.75 Å². The third kappa shape index (κ3) is 4.24. The third-order valence-corrected chi connectivity index (χ3v) is 3.74. The molecule has 20 heavy (non-hydrogen) atoms. The minimum absolute atomic E-state index is 0.00881. The zero-order valence-corrected chi connectivity index (χ0v) is 13.7. The largest absolute Gasteiger partial charge is 0.481 e. The standard InChI is InChI=1S/C15H19BrN2O2/c1-10(2)15(4,9-17)18-14(19)11(3)20-13-7-5-6-12(16)8-13/h5-8,10-11H,1-4H3,(H,18,19). The van der Waals surface area contributed by atoms with Crippen LogP contribution in [0.4, 0.5) is 0 Å². The maximum absolute atomic E-state index is 12.1. The quantitative estimate of drug-likeness (QED) is 0.896. The Balaban J connectivity index is 2.71. The molecule has 2 atom stereocenters. The second-order valence-electron chi connectivity index (χ2n) is 5.18. The van der Waals surface area contributed by atoms with Crippen molar-refractivity contribution in [2.45, 2.75) is 39.3 Å². The Kier molecular flexibility index (Phi) is 5.58. The number of carbonyl (C=O) groups is 1. The van der Waals surface area contributed by atoms with Crippen LogP contribution in [0, 0.1) is 17.2 Å². The monoisotopic (exact) mass is 338 g/mol. The highest BCUT2D eigenvalue weighted by Gasteiger charge is 2.32. The van der Waals surface area contributed by atoms with Gasteiger partial charge in [-0.3, -0.25) is 4.79 Å². The summed E-state index contributed by atoms with van der Waals surface area (Å²) in [6, 6.07) is 9.42. The van der Waals surface area contributed by atoms with Crippen molar-refractivity contribution in [3.8, 4) is 11.8 Å². The number of carbonyl (C=O) groups excluding carboxylic acids is 1. The Bertz CT molecular complexity index is 525. The molecule has 1 aromatic rings. The molecule has 2 unspecified atom stereocenters. The van der Waals surface area contributed by atoms with Crippen molar-refractivity contribution in [2.75, 3.05) is 0 Å². The zero-order valence-electron chi connectivity index (χ0n) is 12.1. The topological polar surface area (TPSA) is 62.1 Å². The Morgan fingerprint density at radius 1 is 1.45 bits per heavy atom. The van der Waals surface area contributed by atoms with Crippen LogP contribution < -0.4 is 10.1 Å². The molecule has 0 aliphatic heterocycles. The summed E-state index contributed by atoms with van der Waals surface area (Å²) in [5.74, 6) is 0.308. The predicted molar refractivity (Wildman–Crippen MR) is 81.2 cm³/mol. The van der Waals surface area contributed by atoms with E-state index in [0.29, 0.717) is 5.75 Å². The van der Waals surface area contributed by atoms with E-state index in [0.717, 1.165) is 4.47 Å². The normalized spacial score (nSPS) is 15.1. The van der Waals surface area contributed by atoms with Gasteiger partial charge in [-0.2, -0.15) is 5.26 Å². The zero-order chi connectivity index (χ0) is 15.3. The van der Waals surface area contributed by atoms with Gasteiger partial charge in [-0.25, -0.2) is 0 Å². The molecular formula is C15H19BrN2O2. The minimum atomic E-state index is -0.897. The van der Waals surface area contributed by atoms with Crippen LogP contribution in [0.15, 0.2) is 28.7 Å². The van der Waals surface area contributed by atoms with E-state index in [2.05, 4.69) is 27.3 Å². The molecule has 0 aromatic heterocycles. The number of benzene rings is 1. The molecule has 108 valence electrons. The van der Waals surface area contributed by atoms with E-state index < -0.39 is 11.6 Å². The molecule has 0 heterocycles. The van der Waals surface area contributed by atoms with Crippen LogP contribution in [-0.4, -0.2) is 17.6 Å². The molecular weight excluding hydrogens is 320 g/mol. The van der Waals surface area contributed by atoms with Gasteiger partial charge in [0.05, 0.1) is 6.07 Å². The van der Waals surface area contributed by atoms with Gasteiger partial charge in [0, 0.05) is 4.47 Å². The van der Waals surface area contributed by atoms with Gasteiger partial charge < -0.3 is 10.1 Å². The number of ether oxygens (including phenoxy) is 1. The van der Waals surface area contributed by atoms with Gasteiger partial charge in [-0.15, -0.1) is 0 Å². The lowest BCUT2D eigenvalue weighted by molar-refractivity contribution is -0.128. The molecule has 4 nitrogen and oxygen atoms in total. The fraction of sp³-hybridized carbons (Fsp3) is 0.467. The summed E-state index contributed by atoms with van der Waals surface area (Å²) in [6.45, 7) is 7.16. The van der Waals surface area contributed by atoms with Crippen LogP contribution in [0.25, 0.3) is 0 Å². The van der Waals surface area contributed by atoms with Gasteiger partial charge in [0.15, 0.2) is 6.10 Å². The number of hydrogen-bond donors (Lipinski definition) is 1. The molecule has 0 fully saturated rings. The van der Waals surface area contributed by atoms with Crippen LogP contribution >= 0.6 is 15.9 Å². The highest BCUT2D eigenvalue weighted by atomic mass is 79.9. The Morgan fingerprint density at radius 2 is 2.10 bits per heavy atom. The van der Waals surface area contributed by atoms with Crippen molar-refractivity contribution in [2.24, 2.45) is 5.92 Å². The van der Waals surface area contributed by atoms with Crippen LogP contribution in [0.3, 0.4) is 0 Å². The summed E-state index contributed by atoms with van der Waals surface area (Å²) in [4.78, 5) is 12.1. The molecule has 0 aliphatic carbocycles. The molecule has 1 rings (SSSR count). The van der Waals surface area contributed by atoms with Crippen molar-refractivity contribution in [3.05, 3.63) is 28.7 Å². The van der Waals surface area contributed by atoms with E-state index in [-0.39, 0.29) is 11.8 Å².